The summed E-state index contributed by atoms with van der Waals surface area (Å²) in [7, 11) is 3.09. The summed E-state index contributed by atoms with van der Waals surface area (Å²) in [6.45, 7) is 0. The number of phenols is 1. The van der Waals surface area contributed by atoms with E-state index in [0.29, 0.717) is 39.7 Å². The number of aromatic hydroxyl groups is 1. The Labute approximate surface area is 189 Å². The Morgan fingerprint density at radius 2 is 1.70 bits per heavy atom. The first-order valence-electron chi connectivity index (χ1n) is 10.3. The lowest BCUT2D eigenvalue weighted by atomic mass is 9.84. The van der Waals surface area contributed by atoms with Crippen molar-refractivity contribution in [3.63, 3.8) is 0 Å². The van der Waals surface area contributed by atoms with E-state index in [1.165, 1.54) is 0 Å². The predicted molar refractivity (Wildman–Crippen MR) is 119 cm³/mol. The summed E-state index contributed by atoms with van der Waals surface area (Å²) in [6, 6.07) is 15.2. The van der Waals surface area contributed by atoms with Gasteiger partial charge in [0.15, 0.2) is 17.3 Å². The van der Waals surface area contributed by atoms with Crippen molar-refractivity contribution < 1.29 is 33.6 Å². The van der Waals surface area contributed by atoms with Gasteiger partial charge in [0.25, 0.3) is 0 Å². The number of Topliss-reactive ketones (excluding diaryl/α,β-unsaturated/α-hetero) is 1. The second kappa shape index (κ2) is 8.02. The molecule has 0 saturated carbocycles. The van der Waals surface area contributed by atoms with Crippen LogP contribution in [-0.2, 0) is 4.79 Å². The van der Waals surface area contributed by atoms with Crippen molar-refractivity contribution in [1.82, 2.24) is 0 Å². The summed E-state index contributed by atoms with van der Waals surface area (Å²) in [6.07, 6.45) is 1.74. The summed E-state index contributed by atoms with van der Waals surface area (Å²) >= 11 is 0. The Morgan fingerprint density at radius 3 is 2.42 bits per heavy atom. The van der Waals surface area contributed by atoms with Gasteiger partial charge in [-0.1, -0.05) is 18.2 Å². The standard InChI is InChI=1S/C26H20O7/c1-30-19-9-3-14(11-21(19)31-2)12-22-25(29)17-8-10-20-24(26(17)33-22)18(13-23(28)32-20)15-4-6-16(27)7-5-15/h3-12,18,27H,13H2,1-2H3/b22-12-. The number of hydrogen-bond donors (Lipinski definition) is 1. The van der Waals surface area contributed by atoms with E-state index in [4.69, 9.17) is 18.9 Å². The van der Waals surface area contributed by atoms with Crippen molar-refractivity contribution in [2.45, 2.75) is 12.3 Å². The lowest BCUT2D eigenvalue weighted by molar-refractivity contribution is -0.135. The summed E-state index contributed by atoms with van der Waals surface area (Å²) in [5.41, 5.74) is 2.57. The van der Waals surface area contributed by atoms with Crippen LogP contribution < -0.4 is 18.9 Å². The molecule has 3 aromatic rings. The Morgan fingerprint density at radius 1 is 0.939 bits per heavy atom. The molecular weight excluding hydrogens is 424 g/mol. The summed E-state index contributed by atoms with van der Waals surface area (Å²) in [4.78, 5) is 25.4. The highest BCUT2D eigenvalue weighted by molar-refractivity contribution is 6.15. The highest BCUT2D eigenvalue weighted by Crippen LogP contribution is 2.49. The van der Waals surface area contributed by atoms with E-state index in [0.717, 1.165) is 5.56 Å². The van der Waals surface area contributed by atoms with Crippen molar-refractivity contribution in [3.8, 4) is 28.7 Å². The Kier molecular flexibility index (Phi) is 5.01. The number of methoxy groups -OCH3 is 2. The van der Waals surface area contributed by atoms with Crippen LogP contribution in [0.2, 0.25) is 0 Å². The van der Waals surface area contributed by atoms with Crippen molar-refractivity contribution in [2.75, 3.05) is 14.2 Å². The molecule has 3 aromatic carbocycles. The van der Waals surface area contributed by atoms with Crippen LogP contribution in [0.25, 0.3) is 6.08 Å². The molecule has 1 N–H and O–H groups in total. The SMILES string of the molecule is COc1ccc(/C=C2\Oc3c(ccc4c3C(c3ccc(O)cc3)CC(=O)O4)C2=O)cc1OC. The van der Waals surface area contributed by atoms with Gasteiger partial charge in [-0.25, -0.2) is 0 Å². The molecule has 166 valence electrons. The first-order chi connectivity index (χ1) is 16.0. The van der Waals surface area contributed by atoms with Gasteiger partial charge in [0.1, 0.15) is 17.2 Å². The molecule has 0 spiro atoms. The molecule has 1 atom stereocenters. The Hall–Kier alpha value is -4.26. The van der Waals surface area contributed by atoms with Crippen LogP contribution in [-0.4, -0.2) is 31.1 Å². The quantitative estimate of drug-likeness (QED) is 0.361. The number of rotatable bonds is 4. The number of esters is 1. The fraction of sp³-hybridized carbons (Fsp3) is 0.154. The van der Waals surface area contributed by atoms with Gasteiger partial charge >= 0.3 is 5.97 Å². The van der Waals surface area contributed by atoms with Crippen molar-refractivity contribution in [2.24, 2.45) is 0 Å². The van der Waals surface area contributed by atoms with Crippen LogP contribution in [0.5, 0.6) is 28.7 Å². The number of carbonyl (C=O) groups is 2. The van der Waals surface area contributed by atoms with E-state index >= 15 is 0 Å². The number of phenolic OH excluding ortho intramolecular Hbond substituents is 1. The normalized spacial score (nSPS) is 17.8. The largest absolute Gasteiger partial charge is 0.508 e. The molecule has 0 bridgehead atoms. The van der Waals surface area contributed by atoms with Gasteiger partial charge in [-0.15, -0.1) is 0 Å². The monoisotopic (exact) mass is 444 g/mol. The highest BCUT2D eigenvalue weighted by atomic mass is 16.5. The van der Waals surface area contributed by atoms with Gasteiger partial charge < -0.3 is 24.1 Å². The molecule has 0 saturated heterocycles. The van der Waals surface area contributed by atoms with Gasteiger partial charge in [-0.05, 0) is 53.6 Å². The van der Waals surface area contributed by atoms with E-state index in [2.05, 4.69) is 0 Å². The summed E-state index contributed by atoms with van der Waals surface area (Å²) in [5.74, 6) is 1.15. The molecule has 0 amide bonds. The zero-order valence-corrected chi connectivity index (χ0v) is 18.0. The third-order valence-electron chi connectivity index (χ3n) is 5.78. The van der Waals surface area contributed by atoms with Gasteiger partial charge in [0.2, 0.25) is 5.78 Å². The number of fused-ring (bicyclic) bond motifs is 3. The highest BCUT2D eigenvalue weighted by Gasteiger charge is 2.38. The van der Waals surface area contributed by atoms with Gasteiger partial charge in [-0.2, -0.15) is 0 Å². The molecule has 5 rings (SSSR count). The maximum absolute atomic E-state index is 13.1. The number of carbonyl (C=O) groups excluding carboxylic acids is 2. The molecule has 2 heterocycles. The smallest absolute Gasteiger partial charge is 0.312 e. The molecule has 2 aliphatic rings. The van der Waals surface area contributed by atoms with Crippen LogP contribution >= 0.6 is 0 Å². The van der Waals surface area contributed by atoms with Crippen LogP contribution in [0.4, 0.5) is 0 Å². The van der Waals surface area contributed by atoms with E-state index in [1.807, 2.05) is 0 Å². The molecule has 0 aromatic heterocycles. The number of allylic oxidation sites excluding steroid dienone is 1. The molecular formula is C26H20O7. The third kappa shape index (κ3) is 3.57. The number of ether oxygens (including phenoxy) is 4. The van der Waals surface area contributed by atoms with Crippen molar-refractivity contribution >= 4 is 17.8 Å². The van der Waals surface area contributed by atoms with E-state index in [1.54, 1.807) is 74.9 Å². The topological polar surface area (TPSA) is 91.3 Å². The van der Waals surface area contributed by atoms with Crippen molar-refractivity contribution in [1.29, 1.82) is 0 Å². The Balaban J connectivity index is 1.57. The zero-order chi connectivity index (χ0) is 23.1. The summed E-state index contributed by atoms with van der Waals surface area (Å²) < 4.78 is 22.1. The molecule has 7 heteroatoms. The van der Waals surface area contributed by atoms with Crippen molar-refractivity contribution in [3.05, 3.63) is 82.6 Å². The molecule has 0 fully saturated rings. The zero-order valence-electron chi connectivity index (χ0n) is 18.0. The van der Waals surface area contributed by atoms with E-state index in [-0.39, 0.29) is 35.6 Å². The second-order valence-corrected chi connectivity index (χ2v) is 7.73. The Bertz CT molecular complexity index is 1300. The summed E-state index contributed by atoms with van der Waals surface area (Å²) in [5, 5.41) is 9.65. The molecule has 1 unspecified atom stereocenters. The minimum absolute atomic E-state index is 0.0977. The average molecular weight is 444 g/mol. The molecule has 33 heavy (non-hydrogen) atoms. The molecule has 0 radical (unpaired) electrons. The van der Waals surface area contributed by atoms with E-state index < -0.39 is 0 Å². The number of hydrogen-bond acceptors (Lipinski definition) is 7. The van der Waals surface area contributed by atoms with Crippen LogP contribution in [0.3, 0.4) is 0 Å². The predicted octanol–water partition coefficient (Wildman–Crippen LogP) is 4.47. The van der Waals surface area contributed by atoms with Crippen LogP contribution in [0.1, 0.15) is 39.4 Å². The van der Waals surface area contributed by atoms with E-state index in [9.17, 15) is 14.7 Å². The van der Waals surface area contributed by atoms with Gasteiger partial charge in [-0.3, -0.25) is 9.59 Å². The first-order valence-corrected chi connectivity index (χ1v) is 10.3. The fourth-order valence-corrected chi connectivity index (χ4v) is 4.19. The fourth-order valence-electron chi connectivity index (χ4n) is 4.19. The second-order valence-electron chi connectivity index (χ2n) is 7.73. The number of benzene rings is 3. The average Bonchev–Trinajstić information content (AvgIpc) is 3.14. The minimum Gasteiger partial charge on any atom is -0.508 e. The third-order valence-corrected chi connectivity index (χ3v) is 5.78. The molecule has 7 nitrogen and oxygen atoms in total. The van der Waals surface area contributed by atoms with Gasteiger partial charge in [0, 0.05) is 11.5 Å². The molecule has 2 aliphatic heterocycles. The maximum atomic E-state index is 13.1. The lowest BCUT2D eigenvalue weighted by Gasteiger charge is -2.26. The number of ketones is 1. The van der Waals surface area contributed by atoms with Crippen LogP contribution in [0.15, 0.2) is 60.4 Å². The first kappa shape index (κ1) is 20.6. The van der Waals surface area contributed by atoms with Gasteiger partial charge in [0.05, 0.1) is 26.2 Å². The maximum Gasteiger partial charge on any atom is 0.312 e. The molecule has 0 aliphatic carbocycles. The minimum atomic E-state index is -0.370. The van der Waals surface area contributed by atoms with Crippen LogP contribution in [0, 0.1) is 0 Å². The lowest BCUT2D eigenvalue weighted by Crippen LogP contribution is -2.21.